The Morgan fingerprint density at radius 3 is 2.19 bits per heavy atom. The molecule has 0 saturated carbocycles. The number of sulfonamides is 1. The molecule has 2 rings (SSSR count). The normalized spacial score (nSPS) is 15.9. The molecule has 0 aromatic heterocycles. The van der Waals surface area contributed by atoms with E-state index in [4.69, 9.17) is 5.73 Å². The van der Waals surface area contributed by atoms with Gasteiger partial charge in [-0.15, -0.1) is 0 Å². The Bertz CT molecular complexity index is 894. The summed E-state index contributed by atoms with van der Waals surface area (Å²) < 4.78 is 24.4. The third-order valence-corrected chi connectivity index (χ3v) is 5.38. The minimum absolute atomic E-state index is 0.213. The lowest BCUT2D eigenvalue weighted by molar-refractivity contribution is -0.123. The number of nitrogen functional groups attached to an aromatic ring is 1. The highest BCUT2D eigenvalue weighted by Crippen LogP contribution is 2.19. The van der Waals surface area contributed by atoms with Crippen molar-refractivity contribution in [2.45, 2.75) is 6.92 Å². The van der Waals surface area contributed by atoms with Crippen molar-refractivity contribution in [2.75, 3.05) is 43.1 Å². The monoisotopic (exact) mass is 391 g/mol. The first-order valence-electron chi connectivity index (χ1n) is 8.15. The molecule has 1 aromatic rings. The second-order valence-corrected chi connectivity index (χ2v) is 8.09. The SMILES string of the molecule is CC(=O)N(C(=O)/C(C#N)=C\N1CCN(S(C)(=O)=O)CC1)c1ccc(N)cc1. The van der Waals surface area contributed by atoms with Gasteiger partial charge >= 0.3 is 0 Å². The van der Waals surface area contributed by atoms with Gasteiger partial charge in [0.1, 0.15) is 11.6 Å². The van der Waals surface area contributed by atoms with Crippen molar-refractivity contribution in [2.24, 2.45) is 0 Å². The van der Waals surface area contributed by atoms with Crippen LogP contribution >= 0.6 is 0 Å². The van der Waals surface area contributed by atoms with Crippen LogP contribution in [0, 0.1) is 11.3 Å². The average molecular weight is 391 g/mol. The molecule has 0 atom stereocenters. The van der Waals surface area contributed by atoms with E-state index < -0.39 is 21.8 Å². The van der Waals surface area contributed by atoms with Gasteiger partial charge in [0.2, 0.25) is 15.9 Å². The molecule has 10 heteroatoms. The largest absolute Gasteiger partial charge is 0.399 e. The number of carbonyl (C=O) groups is 2. The molecule has 1 aliphatic heterocycles. The zero-order chi connectivity index (χ0) is 20.2. The second kappa shape index (κ2) is 8.20. The maximum atomic E-state index is 12.7. The Balaban J connectivity index is 2.21. The summed E-state index contributed by atoms with van der Waals surface area (Å²) in [6.45, 7) is 2.43. The van der Waals surface area contributed by atoms with Gasteiger partial charge in [-0.2, -0.15) is 9.57 Å². The maximum Gasteiger partial charge on any atom is 0.277 e. The minimum Gasteiger partial charge on any atom is -0.399 e. The van der Waals surface area contributed by atoms with Crippen LogP contribution < -0.4 is 10.6 Å². The van der Waals surface area contributed by atoms with Crippen molar-refractivity contribution in [1.29, 1.82) is 5.26 Å². The highest BCUT2D eigenvalue weighted by Gasteiger charge is 2.26. The Morgan fingerprint density at radius 1 is 1.19 bits per heavy atom. The predicted molar refractivity (Wildman–Crippen MR) is 101 cm³/mol. The van der Waals surface area contributed by atoms with Crippen LogP contribution in [0.4, 0.5) is 11.4 Å². The zero-order valence-electron chi connectivity index (χ0n) is 15.1. The number of hydrogen-bond donors (Lipinski definition) is 1. The topological polar surface area (TPSA) is 128 Å². The lowest BCUT2D eigenvalue weighted by atomic mass is 10.2. The number of imide groups is 1. The number of hydrogen-bond acceptors (Lipinski definition) is 7. The van der Waals surface area contributed by atoms with E-state index in [2.05, 4.69) is 0 Å². The van der Waals surface area contributed by atoms with E-state index in [1.807, 2.05) is 6.07 Å². The predicted octanol–water partition coefficient (Wildman–Crippen LogP) is 0.133. The van der Waals surface area contributed by atoms with Crippen LogP contribution in [0.2, 0.25) is 0 Å². The average Bonchev–Trinajstić information content (AvgIpc) is 2.60. The molecule has 0 unspecified atom stereocenters. The van der Waals surface area contributed by atoms with E-state index in [0.29, 0.717) is 24.5 Å². The smallest absolute Gasteiger partial charge is 0.277 e. The molecule has 0 bridgehead atoms. The van der Waals surface area contributed by atoms with Gasteiger partial charge in [-0.25, -0.2) is 13.3 Å². The highest BCUT2D eigenvalue weighted by molar-refractivity contribution is 7.88. The van der Waals surface area contributed by atoms with Gasteiger partial charge in [0.05, 0.1) is 11.9 Å². The van der Waals surface area contributed by atoms with Gasteiger partial charge in [0.15, 0.2) is 0 Å². The molecule has 0 spiro atoms. The zero-order valence-corrected chi connectivity index (χ0v) is 15.9. The summed E-state index contributed by atoms with van der Waals surface area (Å²) in [7, 11) is -3.27. The summed E-state index contributed by atoms with van der Waals surface area (Å²) in [5.41, 5.74) is 6.20. The van der Waals surface area contributed by atoms with Crippen LogP contribution in [0.25, 0.3) is 0 Å². The van der Waals surface area contributed by atoms with Crippen LogP contribution in [0.15, 0.2) is 36.0 Å². The van der Waals surface area contributed by atoms with Gasteiger partial charge in [0, 0.05) is 45.0 Å². The molecule has 144 valence electrons. The molecule has 1 heterocycles. The quantitative estimate of drug-likeness (QED) is 0.439. The molecule has 1 aromatic carbocycles. The molecule has 2 N–H and O–H groups in total. The summed E-state index contributed by atoms with van der Waals surface area (Å²) in [4.78, 5) is 27.3. The summed E-state index contributed by atoms with van der Waals surface area (Å²) in [6, 6.07) is 7.98. The number of nitriles is 1. The standard InChI is InChI=1S/C17H21N5O4S/c1-13(23)22(16-5-3-15(19)4-6-16)17(24)14(11-18)12-20-7-9-21(10-8-20)27(2,25)26/h3-6,12H,7-10,19H2,1-2H3/b14-12-. The number of anilines is 2. The molecular formula is C17H21N5O4S. The van der Waals surface area contributed by atoms with Crippen molar-refractivity contribution >= 4 is 33.2 Å². The van der Waals surface area contributed by atoms with Crippen LogP contribution in [-0.4, -0.2) is 61.9 Å². The number of benzene rings is 1. The van der Waals surface area contributed by atoms with Crippen LogP contribution in [0.1, 0.15) is 6.92 Å². The highest BCUT2D eigenvalue weighted by atomic mass is 32.2. The number of nitrogens with two attached hydrogens (primary N) is 1. The Hall–Kier alpha value is -2.90. The molecule has 1 fully saturated rings. The third-order valence-electron chi connectivity index (χ3n) is 4.07. The second-order valence-electron chi connectivity index (χ2n) is 6.10. The first kappa shape index (κ1) is 20.4. The number of rotatable bonds is 4. The van der Waals surface area contributed by atoms with E-state index in [-0.39, 0.29) is 18.7 Å². The van der Waals surface area contributed by atoms with Crippen molar-refractivity contribution in [3.8, 4) is 6.07 Å². The molecule has 0 radical (unpaired) electrons. The summed E-state index contributed by atoms with van der Waals surface area (Å²) in [6.07, 6.45) is 2.51. The lowest BCUT2D eigenvalue weighted by Gasteiger charge is -2.32. The van der Waals surface area contributed by atoms with Gasteiger partial charge < -0.3 is 10.6 Å². The first-order valence-corrected chi connectivity index (χ1v) is 10.00. The summed E-state index contributed by atoms with van der Waals surface area (Å²) >= 11 is 0. The van der Waals surface area contributed by atoms with Crippen molar-refractivity contribution in [1.82, 2.24) is 9.21 Å². The van der Waals surface area contributed by atoms with Gasteiger partial charge in [0.25, 0.3) is 5.91 Å². The Kier molecular flexibility index (Phi) is 6.20. The minimum atomic E-state index is -3.27. The van der Waals surface area contributed by atoms with E-state index >= 15 is 0 Å². The summed E-state index contributed by atoms with van der Waals surface area (Å²) in [5, 5.41) is 9.40. The van der Waals surface area contributed by atoms with E-state index in [9.17, 15) is 23.3 Å². The van der Waals surface area contributed by atoms with Crippen molar-refractivity contribution in [3.63, 3.8) is 0 Å². The number of carbonyl (C=O) groups excluding carboxylic acids is 2. The van der Waals surface area contributed by atoms with Crippen molar-refractivity contribution < 1.29 is 18.0 Å². The Labute approximate surface area is 158 Å². The van der Waals surface area contributed by atoms with E-state index in [1.165, 1.54) is 29.6 Å². The lowest BCUT2D eigenvalue weighted by Crippen LogP contribution is -2.46. The number of amides is 2. The fourth-order valence-corrected chi connectivity index (χ4v) is 3.49. The van der Waals surface area contributed by atoms with Gasteiger partial charge in [-0.05, 0) is 24.3 Å². The Morgan fingerprint density at radius 2 is 1.74 bits per heavy atom. The molecule has 2 amide bonds. The molecule has 1 saturated heterocycles. The fourth-order valence-electron chi connectivity index (χ4n) is 2.66. The van der Waals surface area contributed by atoms with Gasteiger partial charge in [-0.3, -0.25) is 9.59 Å². The molecule has 0 aliphatic carbocycles. The maximum absolute atomic E-state index is 12.7. The van der Waals surface area contributed by atoms with Crippen molar-refractivity contribution in [3.05, 3.63) is 36.0 Å². The van der Waals surface area contributed by atoms with E-state index in [1.54, 1.807) is 17.0 Å². The molecule has 27 heavy (non-hydrogen) atoms. The molecular weight excluding hydrogens is 370 g/mol. The summed E-state index contributed by atoms with van der Waals surface area (Å²) in [5.74, 6) is -1.28. The fraction of sp³-hybridized carbons (Fsp3) is 0.353. The molecule has 9 nitrogen and oxygen atoms in total. The van der Waals surface area contributed by atoms with Gasteiger partial charge in [-0.1, -0.05) is 0 Å². The first-order chi connectivity index (χ1) is 12.6. The third kappa shape index (κ3) is 5.06. The number of piperazine rings is 1. The van der Waals surface area contributed by atoms with Crippen LogP contribution in [-0.2, 0) is 19.6 Å². The molecule has 1 aliphatic rings. The van der Waals surface area contributed by atoms with Crippen LogP contribution in [0.5, 0.6) is 0 Å². The van der Waals surface area contributed by atoms with E-state index in [0.717, 1.165) is 11.2 Å². The number of nitrogens with zero attached hydrogens (tertiary/aromatic N) is 4. The van der Waals surface area contributed by atoms with Crippen LogP contribution in [0.3, 0.4) is 0 Å².